The molecule has 6 aliphatic rings. The molecule has 2 bridgehead atoms. The molecule has 0 amide bonds. The number of cyclic esters (lactones) is 1. The smallest absolute Gasteiger partial charge is 0.331 e. The molecule has 2 aliphatic heterocycles. The second kappa shape index (κ2) is 7.54. The summed E-state index contributed by atoms with van der Waals surface area (Å²) >= 11 is 0. The number of carbonyl (C=O) groups excluding carboxylic acids is 3. The highest BCUT2D eigenvalue weighted by molar-refractivity contribution is 5.85. The van der Waals surface area contributed by atoms with Crippen molar-refractivity contribution >= 4 is 17.9 Å². The first kappa shape index (κ1) is 23.5. The predicted octanol–water partition coefficient (Wildman–Crippen LogP) is 3.20. The molecule has 0 unspecified atom stereocenters. The Morgan fingerprint density at radius 1 is 1.00 bits per heavy atom. The van der Waals surface area contributed by atoms with Crippen LogP contribution in [-0.4, -0.2) is 53.2 Å². The molecule has 0 aromatic rings. The van der Waals surface area contributed by atoms with Crippen molar-refractivity contribution in [3.05, 3.63) is 11.6 Å². The van der Waals surface area contributed by atoms with Gasteiger partial charge in [0.05, 0.1) is 16.6 Å². The summed E-state index contributed by atoms with van der Waals surface area (Å²) in [6.07, 6.45) is 7.06. The third-order valence-electron chi connectivity index (χ3n) is 10.8. The average Bonchev–Trinajstić information content (AvgIpc) is 3.40. The fourth-order valence-corrected chi connectivity index (χ4v) is 9.75. The second-order valence-electron chi connectivity index (χ2n) is 12.2. The van der Waals surface area contributed by atoms with Gasteiger partial charge in [-0.25, -0.2) is 4.79 Å². The summed E-state index contributed by atoms with van der Waals surface area (Å²) in [5.41, 5.74) is -1.28. The van der Waals surface area contributed by atoms with Crippen LogP contribution in [0.2, 0.25) is 0 Å². The van der Waals surface area contributed by atoms with Crippen LogP contribution in [0, 0.1) is 28.6 Å². The van der Waals surface area contributed by atoms with Crippen LogP contribution in [0.4, 0.5) is 0 Å². The van der Waals surface area contributed by atoms with Crippen LogP contribution >= 0.6 is 0 Å². The zero-order valence-corrected chi connectivity index (χ0v) is 20.8. The van der Waals surface area contributed by atoms with Gasteiger partial charge in [0.15, 0.2) is 0 Å². The molecular weight excluding hydrogens is 452 g/mol. The minimum absolute atomic E-state index is 0.0486. The maximum Gasteiger partial charge on any atom is 0.331 e. The highest BCUT2D eigenvalue weighted by Gasteiger charge is 2.80. The van der Waals surface area contributed by atoms with Gasteiger partial charge < -0.3 is 24.1 Å². The molecule has 8 heteroatoms. The predicted molar refractivity (Wildman–Crippen MR) is 121 cm³/mol. The van der Waals surface area contributed by atoms with E-state index in [-0.39, 0.29) is 41.2 Å². The number of fused-ring (bicyclic) bond motifs is 1. The Balaban J connectivity index is 1.39. The van der Waals surface area contributed by atoms with Crippen molar-refractivity contribution in [2.45, 2.75) is 102 Å². The van der Waals surface area contributed by atoms with Gasteiger partial charge in [-0.3, -0.25) is 9.59 Å². The lowest BCUT2D eigenvalue weighted by atomic mass is 9.42. The summed E-state index contributed by atoms with van der Waals surface area (Å²) < 4.78 is 23.6. The number of aliphatic hydroxyl groups is 1. The van der Waals surface area contributed by atoms with E-state index in [1.165, 1.54) is 13.8 Å². The SMILES string of the molecule is CC(=O)O[C@H]1CC[C@]23[C@@H](OC(C)=O)O[C@]4(CC[C@@]2(O)C1)[C@H]3CC[C@]1(C)[C@H](C2=CC(=O)OC2)CC[C@@H]14. The maximum atomic E-state index is 12.2. The van der Waals surface area contributed by atoms with E-state index in [2.05, 4.69) is 6.92 Å². The number of esters is 3. The van der Waals surface area contributed by atoms with Crippen LogP contribution in [0.1, 0.15) is 78.6 Å². The quantitative estimate of drug-likeness (QED) is 0.477. The van der Waals surface area contributed by atoms with Crippen molar-refractivity contribution in [2.75, 3.05) is 6.61 Å². The van der Waals surface area contributed by atoms with Crippen molar-refractivity contribution in [3.63, 3.8) is 0 Å². The van der Waals surface area contributed by atoms with E-state index in [1.807, 2.05) is 0 Å². The molecule has 0 aromatic carbocycles. The Kier molecular flexibility index (Phi) is 5.06. The molecule has 2 heterocycles. The van der Waals surface area contributed by atoms with Crippen LogP contribution in [0.25, 0.3) is 0 Å². The summed E-state index contributed by atoms with van der Waals surface area (Å²) in [5.74, 6) is -0.437. The van der Waals surface area contributed by atoms with Gasteiger partial charge in [-0.1, -0.05) is 6.92 Å². The van der Waals surface area contributed by atoms with Crippen molar-refractivity contribution in [1.29, 1.82) is 0 Å². The highest BCUT2D eigenvalue weighted by atomic mass is 16.7. The Hall–Kier alpha value is -1.93. The minimum Gasteiger partial charge on any atom is -0.462 e. The van der Waals surface area contributed by atoms with E-state index in [0.29, 0.717) is 38.7 Å². The van der Waals surface area contributed by atoms with E-state index in [9.17, 15) is 19.5 Å². The molecule has 8 nitrogen and oxygen atoms in total. The van der Waals surface area contributed by atoms with E-state index in [4.69, 9.17) is 18.9 Å². The molecule has 192 valence electrons. The van der Waals surface area contributed by atoms with Gasteiger partial charge in [0.1, 0.15) is 12.7 Å². The Morgan fingerprint density at radius 3 is 2.46 bits per heavy atom. The number of ether oxygens (including phenoxy) is 4. The first-order valence-electron chi connectivity index (χ1n) is 13.2. The first-order valence-corrected chi connectivity index (χ1v) is 13.2. The molecule has 0 aromatic heterocycles. The second-order valence-corrected chi connectivity index (χ2v) is 12.2. The summed E-state index contributed by atoms with van der Waals surface area (Å²) in [5, 5.41) is 12.2. The molecule has 6 rings (SSSR count). The van der Waals surface area contributed by atoms with E-state index in [1.54, 1.807) is 6.08 Å². The normalized spacial score (nSPS) is 49.9. The van der Waals surface area contributed by atoms with Crippen LogP contribution in [-0.2, 0) is 33.3 Å². The number of carbonyl (C=O) groups is 3. The molecule has 4 aliphatic carbocycles. The van der Waals surface area contributed by atoms with Crippen molar-refractivity contribution in [3.8, 4) is 0 Å². The number of hydrogen-bond donors (Lipinski definition) is 1. The molecule has 5 fully saturated rings. The lowest BCUT2D eigenvalue weighted by molar-refractivity contribution is -0.243. The molecule has 1 saturated heterocycles. The van der Waals surface area contributed by atoms with Crippen LogP contribution in [0.5, 0.6) is 0 Å². The van der Waals surface area contributed by atoms with Crippen molar-refractivity contribution in [2.24, 2.45) is 28.6 Å². The van der Waals surface area contributed by atoms with Crippen LogP contribution < -0.4 is 0 Å². The molecule has 1 spiro atoms. The van der Waals surface area contributed by atoms with Gasteiger partial charge in [-0.2, -0.15) is 0 Å². The average molecular weight is 489 g/mol. The lowest BCUT2D eigenvalue weighted by Crippen LogP contribution is -2.67. The standard InChI is InChI=1S/C27H36O8/c1-15(28)33-18-6-9-26-21-7-8-24(3)19(17-12-22(30)32-14-17)4-5-20(24)27(21,11-10-25(26,31)13-18)35-23(26)34-16(2)29/h12,18-21,23,31H,4-11,13-14H2,1-3H3/t18-,19-,20-,21-,23-,24+,25+,26-,27-/m0/s1. The minimum atomic E-state index is -1.13. The molecule has 9 atom stereocenters. The van der Waals surface area contributed by atoms with Gasteiger partial charge in [0.25, 0.3) is 0 Å². The van der Waals surface area contributed by atoms with Crippen molar-refractivity contribution < 1.29 is 38.4 Å². The number of hydrogen-bond acceptors (Lipinski definition) is 8. The van der Waals surface area contributed by atoms with Gasteiger partial charge in [-0.15, -0.1) is 0 Å². The van der Waals surface area contributed by atoms with Gasteiger partial charge in [0, 0.05) is 32.3 Å². The van der Waals surface area contributed by atoms with E-state index < -0.39 is 28.9 Å². The molecule has 4 saturated carbocycles. The Morgan fingerprint density at radius 2 is 1.77 bits per heavy atom. The summed E-state index contributed by atoms with van der Waals surface area (Å²) in [6.45, 7) is 5.50. The van der Waals surface area contributed by atoms with Crippen molar-refractivity contribution in [1.82, 2.24) is 0 Å². The first-order chi connectivity index (χ1) is 16.5. The summed E-state index contributed by atoms with van der Waals surface area (Å²) in [4.78, 5) is 35.7. The molecule has 1 N–H and O–H groups in total. The fourth-order valence-electron chi connectivity index (χ4n) is 9.75. The van der Waals surface area contributed by atoms with Crippen LogP contribution in [0.3, 0.4) is 0 Å². The zero-order valence-electron chi connectivity index (χ0n) is 20.8. The number of rotatable bonds is 3. The summed E-state index contributed by atoms with van der Waals surface area (Å²) in [6, 6.07) is 0. The summed E-state index contributed by atoms with van der Waals surface area (Å²) in [7, 11) is 0. The monoisotopic (exact) mass is 488 g/mol. The third-order valence-corrected chi connectivity index (χ3v) is 10.8. The van der Waals surface area contributed by atoms with Gasteiger partial charge in [0.2, 0.25) is 6.29 Å². The fraction of sp³-hybridized carbons (Fsp3) is 0.815. The topological polar surface area (TPSA) is 108 Å². The third kappa shape index (κ3) is 3.02. The van der Waals surface area contributed by atoms with Gasteiger partial charge >= 0.3 is 17.9 Å². The maximum absolute atomic E-state index is 12.2. The highest BCUT2D eigenvalue weighted by Crippen LogP contribution is 2.76. The molecule has 0 radical (unpaired) electrons. The van der Waals surface area contributed by atoms with Crippen LogP contribution in [0.15, 0.2) is 11.6 Å². The largest absolute Gasteiger partial charge is 0.462 e. The lowest BCUT2D eigenvalue weighted by Gasteiger charge is -2.63. The van der Waals surface area contributed by atoms with Gasteiger partial charge in [-0.05, 0) is 74.2 Å². The molecular formula is C27H36O8. The Bertz CT molecular complexity index is 1010. The zero-order chi connectivity index (χ0) is 24.8. The molecule has 35 heavy (non-hydrogen) atoms. The van der Waals surface area contributed by atoms with E-state index in [0.717, 1.165) is 31.3 Å². The Labute approximate surface area is 205 Å². The van der Waals surface area contributed by atoms with E-state index >= 15 is 0 Å².